The summed E-state index contributed by atoms with van der Waals surface area (Å²) in [5, 5.41) is 3.34. The number of piperidine rings is 1. The summed E-state index contributed by atoms with van der Waals surface area (Å²) in [4.78, 5) is 2.45. The molecule has 0 aliphatic carbocycles. The van der Waals surface area contributed by atoms with Crippen molar-refractivity contribution in [1.82, 2.24) is 19.0 Å². The third-order valence-corrected chi connectivity index (χ3v) is 3.22. The smallest absolute Gasteiger partial charge is 0.0883 e. The first-order valence-corrected chi connectivity index (χ1v) is 5.77. The lowest BCUT2D eigenvalue weighted by Crippen LogP contribution is -2.43. The maximum Gasteiger partial charge on any atom is 0.0883 e. The van der Waals surface area contributed by atoms with Crippen LogP contribution in [0.1, 0.15) is 18.5 Å². The lowest BCUT2D eigenvalue weighted by atomic mass is 10.1. The minimum Gasteiger partial charge on any atom is -0.316 e. The third-order valence-electron chi connectivity index (χ3n) is 2.71. The van der Waals surface area contributed by atoms with E-state index in [0.717, 1.165) is 18.8 Å². The van der Waals surface area contributed by atoms with Gasteiger partial charge >= 0.3 is 0 Å². The molecule has 1 aliphatic heterocycles. The average molecular weight is 212 g/mol. The molecule has 1 fully saturated rings. The maximum atomic E-state index is 4.23. The van der Waals surface area contributed by atoms with E-state index in [0.29, 0.717) is 6.04 Å². The van der Waals surface area contributed by atoms with Crippen molar-refractivity contribution < 1.29 is 0 Å². The van der Waals surface area contributed by atoms with E-state index in [4.69, 9.17) is 0 Å². The quantitative estimate of drug-likeness (QED) is 0.801. The lowest BCUT2D eigenvalue weighted by Gasteiger charge is -2.31. The number of rotatable bonds is 3. The predicted molar refractivity (Wildman–Crippen MR) is 57.3 cm³/mol. The minimum atomic E-state index is 0.648. The van der Waals surface area contributed by atoms with Gasteiger partial charge in [0, 0.05) is 19.1 Å². The third kappa shape index (κ3) is 2.50. The topological polar surface area (TPSA) is 41.0 Å². The number of hydrogen-bond acceptors (Lipinski definition) is 5. The van der Waals surface area contributed by atoms with Crippen LogP contribution in [0, 0.1) is 0 Å². The van der Waals surface area contributed by atoms with Crippen molar-refractivity contribution in [3.05, 3.63) is 11.9 Å². The molecule has 0 radical (unpaired) electrons. The van der Waals surface area contributed by atoms with Crippen LogP contribution < -0.4 is 5.32 Å². The fourth-order valence-corrected chi connectivity index (χ4v) is 2.34. The Morgan fingerprint density at radius 1 is 1.71 bits per heavy atom. The molecule has 14 heavy (non-hydrogen) atoms. The molecule has 1 aliphatic rings. The fraction of sp³-hybridized carbons (Fsp3) is 0.778. The van der Waals surface area contributed by atoms with Gasteiger partial charge in [0.2, 0.25) is 0 Å². The number of hydrogen-bond donors (Lipinski definition) is 1. The molecule has 5 heteroatoms. The van der Waals surface area contributed by atoms with Gasteiger partial charge in [0.15, 0.2) is 0 Å². The normalized spacial score (nSPS) is 23.9. The SMILES string of the molecule is CNC1CCCN(Cc2cnsn2)C1. The molecule has 1 saturated heterocycles. The highest BCUT2D eigenvalue weighted by atomic mass is 32.1. The van der Waals surface area contributed by atoms with Crippen molar-refractivity contribution in [3.63, 3.8) is 0 Å². The van der Waals surface area contributed by atoms with E-state index in [-0.39, 0.29) is 0 Å². The standard InChI is InChI=1S/C9H16N4S/c1-10-8-3-2-4-13(6-8)7-9-5-11-14-12-9/h5,8,10H,2-4,6-7H2,1H3. The molecule has 0 saturated carbocycles. The zero-order valence-corrected chi connectivity index (χ0v) is 9.26. The second-order valence-electron chi connectivity index (χ2n) is 3.76. The Morgan fingerprint density at radius 3 is 3.36 bits per heavy atom. The van der Waals surface area contributed by atoms with Crippen molar-refractivity contribution >= 4 is 11.7 Å². The number of nitrogens with one attached hydrogen (secondary N) is 1. The highest BCUT2D eigenvalue weighted by Gasteiger charge is 2.18. The van der Waals surface area contributed by atoms with Crippen LogP contribution in [0.15, 0.2) is 6.20 Å². The first-order valence-electron chi connectivity index (χ1n) is 5.04. The van der Waals surface area contributed by atoms with Gasteiger partial charge in [0.25, 0.3) is 0 Å². The summed E-state index contributed by atoms with van der Waals surface area (Å²) in [5.74, 6) is 0. The van der Waals surface area contributed by atoms with Gasteiger partial charge in [-0.2, -0.15) is 8.75 Å². The van der Waals surface area contributed by atoms with Crippen LogP contribution in [0.25, 0.3) is 0 Å². The van der Waals surface area contributed by atoms with Crippen LogP contribution in [0.2, 0.25) is 0 Å². The molecule has 2 rings (SSSR count). The van der Waals surface area contributed by atoms with E-state index in [1.807, 2.05) is 13.2 Å². The van der Waals surface area contributed by atoms with E-state index >= 15 is 0 Å². The van der Waals surface area contributed by atoms with Crippen LogP contribution in [-0.4, -0.2) is 39.8 Å². The van der Waals surface area contributed by atoms with Crippen LogP contribution in [0.4, 0.5) is 0 Å². The van der Waals surface area contributed by atoms with Gasteiger partial charge in [-0.25, -0.2) is 0 Å². The number of likely N-dealkylation sites (tertiary alicyclic amines) is 1. The molecule has 0 spiro atoms. The van der Waals surface area contributed by atoms with Crippen LogP contribution in [0.5, 0.6) is 0 Å². The molecule has 78 valence electrons. The summed E-state index contributed by atoms with van der Waals surface area (Å²) in [6.07, 6.45) is 4.44. The highest BCUT2D eigenvalue weighted by molar-refractivity contribution is 6.99. The Balaban J connectivity index is 1.86. The van der Waals surface area contributed by atoms with Crippen molar-refractivity contribution in [2.75, 3.05) is 20.1 Å². The van der Waals surface area contributed by atoms with E-state index in [9.17, 15) is 0 Å². The van der Waals surface area contributed by atoms with Crippen molar-refractivity contribution in [2.24, 2.45) is 0 Å². The Labute approximate surface area is 88.7 Å². The molecule has 1 N–H and O–H groups in total. The van der Waals surface area contributed by atoms with E-state index in [1.54, 1.807) is 0 Å². The molecule has 1 aromatic rings. The van der Waals surface area contributed by atoms with Crippen molar-refractivity contribution in [3.8, 4) is 0 Å². The molecule has 4 nitrogen and oxygen atoms in total. The molecule has 0 amide bonds. The van der Waals surface area contributed by atoms with Crippen LogP contribution in [0.3, 0.4) is 0 Å². The van der Waals surface area contributed by atoms with E-state index in [2.05, 4.69) is 19.0 Å². The number of likely N-dealkylation sites (N-methyl/N-ethyl adjacent to an activating group) is 1. The second kappa shape index (κ2) is 4.82. The largest absolute Gasteiger partial charge is 0.316 e. The van der Waals surface area contributed by atoms with Crippen molar-refractivity contribution in [2.45, 2.75) is 25.4 Å². The Morgan fingerprint density at radius 2 is 2.64 bits per heavy atom. The highest BCUT2D eigenvalue weighted by Crippen LogP contribution is 2.12. The molecule has 0 aromatic carbocycles. The van der Waals surface area contributed by atoms with Gasteiger partial charge in [-0.05, 0) is 26.4 Å². The summed E-state index contributed by atoms with van der Waals surface area (Å²) in [5.41, 5.74) is 1.10. The Kier molecular flexibility index (Phi) is 3.44. The van der Waals surface area contributed by atoms with Crippen LogP contribution in [-0.2, 0) is 6.54 Å². The summed E-state index contributed by atoms with van der Waals surface area (Å²) >= 11 is 1.29. The Hall–Kier alpha value is -0.520. The van der Waals surface area contributed by atoms with Gasteiger partial charge in [-0.15, -0.1) is 0 Å². The molecule has 1 unspecified atom stereocenters. The zero-order valence-electron chi connectivity index (χ0n) is 8.44. The van der Waals surface area contributed by atoms with Crippen molar-refractivity contribution in [1.29, 1.82) is 0 Å². The maximum absolute atomic E-state index is 4.23. The zero-order chi connectivity index (χ0) is 9.80. The van der Waals surface area contributed by atoms with Crippen LogP contribution >= 0.6 is 11.7 Å². The molecule has 1 aromatic heterocycles. The average Bonchev–Trinajstić information content (AvgIpc) is 2.71. The van der Waals surface area contributed by atoms with Gasteiger partial charge in [-0.3, -0.25) is 4.90 Å². The minimum absolute atomic E-state index is 0.648. The predicted octanol–water partition coefficient (Wildman–Crippen LogP) is 0.722. The number of nitrogens with zero attached hydrogens (tertiary/aromatic N) is 3. The van der Waals surface area contributed by atoms with E-state index in [1.165, 1.54) is 31.1 Å². The first kappa shape index (κ1) is 10.0. The first-order chi connectivity index (χ1) is 6.88. The molecule has 0 bridgehead atoms. The molecular formula is C9H16N4S. The molecule has 1 atom stereocenters. The summed E-state index contributed by atoms with van der Waals surface area (Å²) in [6, 6.07) is 0.648. The summed E-state index contributed by atoms with van der Waals surface area (Å²) in [7, 11) is 2.04. The van der Waals surface area contributed by atoms with Gasteiger partial charge in [0.05, 0.1) is 23.6 Å². The molecule has 2 heterocycles. The summed E-state index contributed by atoms with van der Waals surface area (Å²) < 4.78 is 8.24. The fourth-order valence-electron chi connectivity index (χ4n) is 1.92. The second-order valence-corrected chi connectivity index (χ2v) is 4.32. The van der Waals surface area contributed by atoms with E-state index < -0.39 is 0 Å². The molecular weight excluding hydrogens is 196 g/mol. The summed E-state index contributed by atoms with van der Waals surface area (Å²) in [6.45, 7) is 3.28. The lowest BCUT2D eigenvalue weighted by molar-refractivity contribution is 0.186. The monoisotopic (exact) mass is 212 g/mol. The van der Waals surface area contributed by atoms with Gasteiger partial charge in [0.1, 0.15) is 0 Å². The Bertz CT molecular complexity index is 262. The van der Waals surface area contributed by atoms with Gasteiger partial charge < -0.3 is 5.32 Å². The van der Waals surface area contributed by atoms with Gasteiger partial charge in [-0.1, -0.05) is 0 Å². The number of aromatic nitrogens is 2.